The van der Waals surface area contributed by atoms with Gasteiger partial charge in [0.15, 0.2) is 11.5 Å². The van der Waals surface area contributed by atoms with Gasteiger partial charge in [0.25, 0.3) is 5.91 Å². The fourth-order valence-electron chi connectivity index (χ4n) is 5.79. The number of halogens is 4. The molecule has 2 aromatic heterocycles. The number of hydrogen-bond acceptors (Lipinski definition) is 6. The number of rotatable bonds is 5. The predicted molar refractivity (Wildman–Crippen MR) is 128 cm³/mol. The number of alkyl halides is 3. The first-order valence-electron chi connectivity index (χ1n) is 12.7. The van der Waals surface area contributed by atoms with Crippen LogP contribution in [0.15, 0.2) is 18.3 Å². The van der Waals surface area contributed by atoms with Crippen molar-refractivity contribution < 1.29 is 31.9 Å². The minimum absolute atomic E-state index is 0.0519. The van der Waals surface area contributed by atoms with Gasteiger partial charge in [-0.15, -0.1) is 0 Å². The van der Waals surface area contributed by atoms with Gasteiger partial charge in [0.2, 0.25) is 11.8 Å². The Labute approximate surface area is 216 Å². The van der Waals surface area contributed by atoms with Crippen LogP contribution in [0.4, 0.5) is 17.6 Å². The van der Waals surface area contributed by atoms with E-state index >= 15 is 0 Å². The summed E-state index contributed by atoms with van der Waals surface area (Å²) in [5.74, 6) is -1.15. The van der Waals surface area contributed by atoms with Crippen LogP contribution >= 0.6 is 0 Å². The predicted octanol–water partition coefficient (Wildman–Crippen LogP) is 3.15. The molecule has 4 heterocycles. The van der Waals surface area contributed by atoms with E-state index in [1.54, 1.807) is 4.90 Å². The van der Waals surface area contributed by atoms with Gasteiger partial charge in [0.1, 0.15) is 6.04 Å². The molecule has 0 aromatic carbocycles. The molecule has 1 aliphatic carbocycles. The number of amides is 2. The molecule has 1 spiro atoms. The molecule has 3 atom stereocenters. The zero-order chi connectivity index (χ0) is 27.2. The number of carbonyl (C=O) groups is 2. The smallest absolute Gasteiger partial charge is 0.404 e. The molecule has 5 rings (SSSR count). The van der Waals surface area contributed by atoms with Crippen molar-refractivity contribution in [1.82, 2.24) is 30.3 Å². The molecule has 3 fully saturated rings. The Morgan fingerprint density at radius 1 is 1.21 bits per heavy atom. The molecule has 2 aromatic rings. The van der Waals surface area contributed by atoms with E-state index in [0.29, 0.717) is 25.1 Å². The number of likely N-dealkylation sites (N-methyl/N-ethyl adjacent to an activating group) is 1. The van der Waals surface area contributed by atoms with Crippen LogP contribution < -0.4 is 10.1 Å². The van der Waals surface area contributed by atoms with Gasteiger partial charge in [-0.25, -0.2) is 9.37 Å². The number of carbonyl (C=O) groups excluding carboxylic acids is 2. The summed E-state index contributed by atoms with van der Waals surface area (Å²) < 4.78 is 58.8. The second-order valence-corrected chi connectivity index (χ2v) is 10.5. The van der Waals surface area contributed by atoms with Crippen molar-refractivity contribution in [3.05, 3.63) is 29.8 Å². The highest BCUT2D eigenvalue weighted by Gasteiger charge is 2.55. The number of aromatic amines is 1. The maximum Gasteiger partial charge on any atom is 0.404 e. The molecule has 0 radical (unpaired) electrons. The van der Waals surface area contributed by atoms with Crippen LogP contribution in [0.2, 0.25) is 0 Å². The molecular weight excluding hydrogens is 508 g/mol. The number of methoxy groups -OCH3 is 1. The van der Waals surface area contributed by atoms with Gasteiger partial charge in [-0.3, -0.25) is 19.6 Å². The van der Waals surface area contributed by atoms with Gasteiger partial charge in [0, 0.05) is 42.2 Å². The number of likely N-dealkylation sites (tertiary alicyclic amines) is 2. The van der Waals surface area contributed by atoms with Crippen molar-refractivity contribution in [2.75, 3.05) is 27.2 Å². The third-order valence-corrected chi connectivity index (χ3v) is 8.02. The lowest BCUT2D eigenvalue weighted by Gasteiger charge is -2.41. The van der Waals surface area contributed by atoms with E-state index in [1.165, 1.54) is 31.2 Å². The number of ether oxygens (including phenoxy) is 1. The van der Waals surface area contributed by atoms with E-state index in [-0.39, 0.29) is 60.3 Å². The first-order chi connectivity index (χ1) is 18.0. The number of pyridine rings is 1. The van der Waals surface area contributed by atoms with E-state index in [2.05, 4.69) is 20.5 Å². The molecule has 2 saturated heterocycles. The van der Waals surface area contributed by atoms with Gasteiger partial charge in [0.05, 0.1) is 19.0 Å². The topological polar surface area (TPSA) is 103 Å². The van der Waals surface area contributed by atoms with Crippen molar-refractivity contribution in [1.29, 1.82) is 0 Å². The summed E-state index contributed by atoms with van der Waals surface area (Å²) in [6, 6.07) is 1.08. The Hall–Kier alpha value is -3.22. The Kier molecular flexibility index (Phi) is 6.82. The Balaban J connectivity index is 1.21. The average molecular weight is 539 g/mol. The van der Waals surface area contributed by atoms with Crippen LogP contribution in [0.3, 0.4) is 0 Å². The summed E-state index contributed by atoms with van der Waals surface area (Å²) in [6.45, 7) is 0.501. The second kappa shape index (κ2) is 9.83. The van der Waals surface area contributed by atoms with Gasteiger partial charge in [-0.05, 0) is 51.6 Å². The van der Waals surface area contributed by atoms with E-state index in [1.807, 2.05) is 0 Å². The lowest BCUT2D eigenvalue weighted by atomic mass is 9.87. The van der Waals surface area contributed by atoms with Crippen molar-refractivity contribution in [3.8, 4) is 17.1 Å². The van der Waals surface area contributed by atoms with E-state index < -0.39 is 23.6 Å². The SMILES string of the molecule is COc1cc(-c2cc(C(=O)N3CC[C@@H](C(=O)N[C@@H]4CC[C@H](C(F)(F)F)N(C)C4)CC34CC4)n[nH]2)c(F)cn1. The number of H-pyrrole nitrogens is 1. The summed E-state index contributed by atoms with van der Waals surface area (Å²) >= 11 is 0. The maximum atomic E-state index is 14.3. The molecule has 3 aliphatic rings. The highest BCUT2D eigenvalue weighted by molar-refractivity contribution is 5.94. The summed E-state index contributed by atoms with van der Waals surface area (Å²) in [5, 5.41) is 9.77. The summed E-state index contributed by atoms with van der Waals surface area (Å²) in [6.07, 6.45) is -0.573. The first kappa shape index (κ1) is 26.4. The van der Waals surface area contributed by atoms with Crippen molar-refractivity contribution >= 4 is 11.8 Å². The van der Waals surface area contributed by atoms with Crippen molar-refractivity contribution in [2.45, 2.75) is 62.3 Å². The van der Waals surface area contributed by atoms with Crippen molar-refractivity contribution in [2.24, 2.45) is 5.92 Å². The van der Waals surface area contributed by atoms with Crippen molar-refractivity contribution in [3.63, 3.8) is 0 Å². The highest BCUT2D eigenvalue weighted by atomic mass is 19.4. The standard InChI is InChI=1S/C25H30F4N6O3/c1-34-13-15(3-4-20(34)25(27,28)29)31-22(36)14-5-8-35(24(11-14)6-7-24)23(37)19-10-18(32-33-19)16-9-21(38-2)30-12-17(16)26/h9-10,12,14-15,20H,3-8,11,13H2,1-2H3,(H,31,36)(H,32,33)/t14-,15-,20-/m1/s1. The van der Waals surface area contributed by atoms with Crippen LogP contribution in [0.25, 0.3) is 11.3 Å². The lowest BCUT2D eigenvalue weighted by Crippen LogP contribution is -2.56. The summed E-state index contributed by atoms with van der Waals surface area (Å²) in [4.78, 5) is 33.2. The fourth-order valence-corrected chi connectivity index (χ4v) is 5.79. The zero-order valence-electron chi connectivity index (χ0n) is 21.1. The van der Waals surface area contributed by atoms with Gasteiger partial charge in [-0.2, -0.15) is 18.3 Å². The van der Waals surface area contributed by atoms with E-state index in [4.69, 9.17) is 4.74 Å². The Bertz CT molecular complexity index is 1210. The van der Waals surface area contributed by atoms with Crippen LogP contribution in [-0.2, 0) is 4.79 Å². The van der Waals surface area contributed by atoms with E-state index in [9.17, 15) is 27.2 Å². The molecule has 2 amide bonds. The number of nitrogens with one attached hydrogen (secondary N) is 2. The van der Waals surface area contributed by atoms with Gasteiger partial charge in [-0.1, -0.05) is 0 Å². The zero-order valence-corrected chi connectivity index (χ0v) is 21.1. The Morgan fingerprint density at radius 2 is 1.97 bits per heavy atom. The molecule has 13 heteroatoms. The minimum Gasteiger partial charge on any atom is -0.481 e. The van der Waals surface area contributed by atoms with Crippen LogP contribution in [0, 0.1) is 11.7 Å². The number of aromatic nitrogens is 3. The fraction of sp³-hybridized carbons (Fsp3) is 0.600. The monoisotopic (exact) mass is 538 g/mol. The summed E-state index contributed by atoms with van der Waals surface area (Å²) in [7, 11) is 2.85. The number of piperidine rings is 2. The van der Waals surface area contributed by atoms with Gasteiger partial charge >= 0.3 is 6.18 Å². The molecular formula is C25H30F4N6O3. The molecule has 1 saturated carbocycles. The third kappa shape index (κ3) is 5.07. The molecule has 2 aliphatic heterocycles. The quantitative estimate of drug-likeness (QED) is 0.567. The van der Waals surface area contributed by atoms with E-state index in [0.717, 1.165) is 19.0 Å². The first-order valence-corrected chi connectivity index (χ1v) is 12.7. The third-order valence-electron chi connectivity index (χ3n) is 8.02. The van der Waals surface area contributed by atoms with Crippen LogP contribution in [-0.4, -0.2) is 87.8 Å². The number of nitrogens with zero attached hydrogens (tertiary/aromatic N) is 4. The summed E-state index contributed by atoms with van der Waals surface area (Å²) in [5.41, 5.74) is 0.200. The van der Waals surface area contributed by atoms with Crippen LogP contribution in [0.5, 0.6) is 5.88 Å². The normalized spacial score (nSPS) is 25.3. The number of hydrogen-bond donors (Lipinski definition) is 2. The highest BCUT2D eigenvalue weighted by Crippen LogP contribution is 2.50. The Morgan fingerprint density at radius 3 is 2.63 bits per heavy atom. The molecule has 9 nitrogen and oxygen atoms in total. The minimum atomic E-state index is -4.28. The average Bonchev–Trinajstić information content (AvgIpc) is 3.44. The molecule has 0 unspecified atom stereocenters. The molecule has 206 valence electrons. The molecule has 2 N–H and O–H groups in total. The molecule has 38 heavy (non-hydrogen) atoms. The van der Waals surface area contributed by atoms with Gasteiger partial charge < -0.3 is 15.0 Å². The largest absolute Gasteiger partial charge is 0.481 e. The lowest BCUT2D eigenvalue weighted by molar-refractivity contribution is -0.188. The maximum absolute atomic E-state index is 14.3. The molecule has 0 bridgehead atoms. The second-order valence-electron chi connectivity index (χ2n) is 10.5. The van der Waals surface area contributed by atoms with Crippen LogP contribution in [0.1, 0.15) is 49.0 Å².